The summed E-state index contributed by atoms with van der Waals surface area (Å²) in [5, 5.41) is 19.2. The first-order valence-electron chi connectivity index (χ1n) is 4.66. The van der Waals surface area contributed by atoms with Crippen LogP contribution in [0.5, 0.6) is 5.75 Å². The van der Waals surface area contributed by atoms with Gasteiger partial charge in [0, 0.05) is 0 Å². The predicted octanol–water partition coefficient (Wildman–Crippen LogP) is 1.52. The van der Waals surface area contributed by atoms with Crippen molar-refractivity contribution in [2.75, 3.05) is 5.43 Å². The molecule has 1 aromatic rings. The second-order valence-electron chi connectivity index (χ2n) is 3.00. The molecule has 6 nitrogen and oxygen atoms in total. The molecule has 0 heterocycles. The lowest BCUT2D eigenvalue weighted by molar-refractivity contribution is -0.0498. The number of nitrogens with two attached hydrogens (primary N) is 1. The number of benzene rings is 1. The van der Waals surface area contributed by atoms with E-state index in [-0.39, 0.29) is 11.5 Å². The van der Waals surface area contributed by atoms with Gasteiger partial charge < -0.3 is 10.5 Å². The molecule has 0 aliphatic heterocycles. The summed E-state index contributed by atoms with van der Waals surface area (Å²) in [5.41, 5.74) is 7.70. The highest BCUT2D eigenvalue weighted by Gasteiger charge is 2.04. The third kappa shape index (κ3) is 4.05. The van der Waals surface area contributed by atoms with Crippen molar-refractivity contribution in [3.05, 3.63) is 24.3 Å². The number of anilines is 1. The van der Waals surface area contributed by atoms with Gasteiger partial charge in [0.2, 0.25) is 5.71 Å². The van der Waals surface area contributed by atoms with Crippen LogP contribution in [-0.4, -0.2) is 18.2 Å². The van der Waals surface area contributed by atoms with Gasteiger partial charge in [0.05, 0.1) is 5.69 Å². The first kappa shape index (κ1) is 13.4. The molecule has 0 bridgehead atoms. The summed E-state index contributed by atoms with van der Waals surface area (Å²) in [6, 6.07) is 7.10. The Morgan fingerprint density at radius 1 is 1.44 bits per heavy atom. The molecule has 0 saturated carbocycles. The van der Waals surface area contributed by atoms with Gasteiger partial charge in [-0.3, -0.25) is 10.8 Å². The number of ether oxygens (including phenoxy) is 1. The summed E-state index contributed by atoms with van der Waals surface area (Å²) in [6.45, 7) is -2.88. The molecule has 0 amide bonds. The maximum atomic E-state index is 11.9. The molecule has 0 aliphatic rings. The fraction of sp³-hybridized carbons (Fsp3) is 0.100. The van der Waals surface area contributed by atoms with Crippen molar-refractivity contribution in [1.29, 1.82) is 10.7 Å². The molecule has 1 rings (SSSR count). The summed E-state index contributed by atoms with van der Waals surface area (Å²) >= 11 is 0. The highest BCUT2D eigenvalue weighted by Crippen LogP contribution is 2.17. The van der Waals surface area contributed by atoms with E-state index in [9.17, 15) is 8.78 Å². The fourth-order valence-corrected chi connectivity index (χ4v) is 0.977. The smallest absolute Gasteiger partial charge is 0.387 e. The minimum absolute atomic E-state index is 0.00611. The van der Waals surface area contributed by atoms with Crippen LogP contribution in [0.2, 0.25) is 0 Å². The lowest BCUT2D eigenvalue weighted by Crippen LogP contribution is -2.21. The molecule has 94 valence electrons. The van der Waals surface area contributed by atoms with Crippen LogP contribution >= 0.6 is 0 Å². The van der Waals surface area contributed by atoms with Gasteiger partial charge in [-0.15, -0.1) is 0 Å². The predicted molar refractivity (Wildman–Crippen MR) is 61.7 cm³/mol. The Balaban J connectivity index is 2.70. The van der Waals surface area contributed by atoms with E-state index in [1.165, 1.54) is 24.3 Å². The lowest BCUT2D eigenvalue weighted by atomic mass is 10.3. The topological polar surface area (TPSA) is 107 Å². The molecule has 0 aliphatic carbocycles. The first-order chi connectivity index (χ1) is 8.52. The molecule has 8 heteroatoms. The van der Waals surface area contributed by atoms with Crippen molar-refractivity contribution in [2.24, 2.45) is 10.8 Å². The van der Waals surface area contributed by atoms with Crippen molar-refractivity contribution in [1.82, 2.24) is 0 Å². The number of hydrogen-bond acceptors (Lipinski definition) is 5. The van der Waals surface area contributed by atoms with Crippen molar-refractivity contribution in [2.45, 2.75) is 6.61 Å². The van der Waals surface area contributed by atoms with Gasteiger partial charge in [0.25, 0.3) is 0 Å². The van der Waals surface area contributed by atoms with E-state index in [0.29, 0.717) is 5.69 Å². The van der Waals surface area contributed by atoms with Gasteiger partial charge in [-0.1, -0.05) is 0 Å². The van der Waals surface area contributed by atoms with Crippen LogP contribution in [0.1, 0.15) is 0 Å². The quantitative estimate of drug-likeness (QED) is 0.420. The molecular formula is C10H9F2N5O. The fourth-order valence-electron chi connectivity index (χ4n) is 0.977. The molecule has 0 radical (unpaired) electrons. The minimum Gasteiger partial charge on any atom is -0.435 e. The molecule has 0 spiro atoms. The van der Waals surface area contributed by atoms with Gasteiger partial charge >= 0.3 is 6.61 Å². The molecule has 0 fully saturated rings. The number of halogens is 2. The van der Waals surface area contributed by atoms with Crippen molar-refractivity contribution in [3.63, 3.8) is 0 Å². The zero-order valence-corrected chi connectivity index (χ0v) is 9.02. The highest BCUT2D eigenvalue weighted by molar-refractivity contribution is 6.45. The Kier molecular flexibility index (Phi) is 4.57. The van der Waals surface area contributed by atoms with Crippen LogP contribution in [0.4, 0.5) is 14.5 Å². The number of hydrogen-bond donors (Lipinski definition) is 3. The number of rotatable bonds is 5. The van der Waals surface area contributed by atoms with E-state index in [2.05, 4.69) is 15.3 Å². The highest BCUT2D eigenvalue weighted by atomic mass is 19.3. The molecule has 4 N–H and O–H groups in total. The second kappa shape index (κ2) is 6.15. The van der Waals surface area contributed by atoms with E-state index in [1.807, 2.05) is 0 Å². The van der Waals surface area contributed by atoms with Crippen LogP contribution in [0.15, 0.2) is 29.4 Å². The van der Waals surface area contributed by atoms with E-state index in [0.717, 1.165) is 0 Å². The summed E-state index contributed by atoms with van der Waals surface area (Å²) in [7, 11) is 0. The van der Waals surface area contributed by atoms with Gasteiger partial charge in [-0.25, -0.2) is 0 Å². The number of nitrogens with zero attached hydrogens (tertiary/aromatic N) is 2. The number of hydrazone groups is 1. The summed E-state index contributed by atoms with van der Waals surface area (Å²) in [5.74, 6) is -0.464. The van der Waals surface area contributed by atoms with Crippen LogP contribution in [0.3, 0.4) is 0 Å². The second-order valence-corrected chi connectivity index (χ2v) is 3.00. The van der Waals surface area contributed by atoms with Gasteiger partial charge in [0.1, 0.15) is 11.8 Å². The number of nitrogens with one attached hydrogen (secondary N) is 2. The number of amidine groups is 1. The van der Waals surface area contributed by atoms with Gasteiger partial charge in [-0.2, -0.15) is 19.1 Å². The van der Waals surface area contributed by atoms with Crippen LogP contribution < -0.4 is 15.9 Å². The Morgan fingerprint density at radius 2 is 2.06 bits per heavy atom. The van der Waals surface area contributed by atoms with Crippen LogP contribution in [0.25, 0.3) is 0 Å². The Hall–Kier alpha value is -2.69. The Bertz CT molecular complexity index is 492. The zero-order chi connectivity index (χ0) is 13.5. The Morgan fingerprint density at radius 3 is 2.50 bits per heavy atom. The third-order valence-corrected chi connectivity index (χ3v) is 1.74. The van der Waals surface area contributed by atoms with Crippen LogP contribution in [0, 0.1) is 16.7 Å². The maximum absolute atomic E-state index is 11.9. The molecule has 0 atom stereocenters. The average molecular weight is 253 g/mol. The van der Waals surface area contributed by atoms with Crippen LogP contribution in [-0.2, 0) is 0 Å². The standard InChI is InChI=1S/C10H9F2N5O/c11-10(12)18-7-3-1-6(2-4-7)16-17-8(5-13)9(14)15/h1-4,10,16H,(H3,14,15)/b17-8+. The SMILES string of the molecule is N#C/C(=N\Nc1ccc(OC(F)F)cc1)C(=N)N. The first-order valence-corrected chi connectivity index (χ1v) is 4.66. The summed E-state index contributed by atoms with van der Waals surface area (Å²) < 4.78 is 27.9. The summed E-state index contributed by atoms with van der Waals surface area (Å²) in [6.07, 6.45) is 0. The molecule has 1 aromatic carbocycles. The molecule has 18 heavy (non-hydrogen) atoms. The molecule has 0 saturated heterocycles. The molecule has 0 unspecified atom stereocenters. The minimum atomic E-state index is -2.88. The van der Waals surface area contributed by atoms with Crippen molar-refractivity contribution >= 4 is 17.2 Å². The van der Waals surface area contributed by atoms with E-state index >= 15 is 0 Å². The maximum Gasteiger partial charge on any atom is 0.387 e. The van der Waals surface area contributed by atoms with E-state index in [4.69, 9.17) is 16.4 Å². The van der Waals surface area contributed by atoms with E-state index < -0.39 is 12.4 Å². The van der Waals surface area contributed by atoms with Gasteiger partial charge in [0.15, 0.2) is 5.84 Å². The normalized spacial score (nSPS) is 10.9. The van der Waals surface area contributed by atoms with Crippen molar-refractivity contribution < 1.29 is 13.5 Å². The third-order valence-electron chi connectivity index (χ3n) is 1.74. The monoisotopic (exact) mass is 253 g/mol. The lowest BCUT2D eigenvalue weighted by Gasteiger charge is -2.05. The summed E-state index contributed by atoms with van der Waals surface area (Å²) in [4.78, 5) is 0. The number of nitriles is 1. The van der Waals surface area contributed by atoms with E-state index in [1.54, 1.807) is 6.07 Å². The van der Waals surface area contributed by atoms with Crippen molar-refractivity contribution in [3.8, 4) is 11.8 Å². The largest absolute Gasteiger partial charge is 0.435 e. The Labute approximate surface area is 101 Å². The number of alkyl halides is 2. The molecular weight excluding hydrogens is 244 g/mol. The zero-order valence-electron chi connectivity index (χ0n) is 9.02. The molecule has 0 aromatic heterocycles. The van der Waals surface area contributed by atoms with Gasteiger partial charge in [-0.05, 0) is 24.3 Å². The average Bonchev–Trinajstić information content (AvgIpc) is 2.31.